The quantitative estimate of drug-likeness (QED) is 0.869. The molecule has 1 aromatic heterocycles. The zero-order chi connectivity index (χ0) is 16.6. The molecule has 23 heavy (non-hydrogen) atoms. The van der Waals surface area contributed by atoms with Crippen molar-refractivity contribution in [1.82, 2.24) is 10.2 Å². The molecule has 1 aromatic carbocycles. The van der Waals surface area contributed by atoms with Gasteiger partial charge in [-0.15, -0.1) is 10.2 Å². The number of allylic oxidation sites excluding steroid dienone is 2. The number of hydrogen-bond acceptors (Lipinski definition) is 4. The smallest absolute Gasteiger partial charge is 0.247 e. The second-order valence-electron chi connectivity index (χ2n) is 6.88. The fourth-order valence-electron chi connectivity index (χ4n) is 3.10. The molecule has 0 unspecified atom stereocenters. The predicted molar refractivity (Wildman–Crippen MR) is 88.6 cm³/mol. The molecule has 0 aliphatic heterocycles. The van der Waals surface area contributed by atoms with Gasteiger partial charge in [0.15, 0.2) is 0 Å². The first-order chi connectivity index (χ1) is 10.9. The first kappa shape index (κ1) is 15.5. The summed E-state index contributed by atoms with van der Waals surface area (Å²) in [7, 11) is 0. The van der Waals surface area contributed by atoms with E-state index in [2.05, 4.69) is 49.3 Å². The lowest BCUT2D eigenvalue weighted by atomic mass is 10.1. The summed E-state index contributed by atoms with van der Waals surface area (Å²) in [5, 5.41) is 10.6. The summed E-state index contributed by atoms with van der Waals surface area (Å²) in [6.07, 6.45) is 3.48. The molecule has 5 nitrogen and oxygen atoms in total. The molecule has 0 saturated heterocycles. The van der Waals surface area contributed by atoms with Crippen molar-refractivity contribution in [2.24, 2.45) is 17.3 Å². The second-order valence-corrected chi connectivity index (χ2v) is 6.88. The maximum absolute atomic E-state index is 12.6. The van der Waals surface area contributed by atoms with Gasteiger partial charge >= 0.3 is 0 Å². The van der Waals surface area contributed by atoms with Crippen molar-refractivity contribution in [1.29, 1.82) is 0 Å². The zero-order valence-corrected chi connectivity index (χ0v) is 13.8. The molecule has 2 atom stereocenters. The monoisotopic (exact) mass is 311 g/mol. The van der Waals surface area contributed by atoms with Crippen molar-refractivity contribution in [2.75, 3.05) is 5.32 Å². The average molecular weight is 311 g/mol. The molecule has 1 heterocycles. The Labute approximate surface area is 135 Å². The lowest BCUT2D eigenvalue weighted by Crippen LogP contribution is -2.16. The minimum absolute atomic E-state index is 0.00413. The largest absolute Gasteiger partial charge is 0.423 e. The third kappa shape index (κ3) is 3.04. The summed E-state index contributed by atoms with van der Waals surface area (Å²) in [5.41, 5.74) is 2.78. The molecular weight excluding hydrogens is 290 g/mol. The van der Waals surface area contributed by atoms with Crippen molar-refractivity contribution < 1.29 is 9.21 Å². The Morgan fingerprint density at radius 2 is 2.13 bits per heavy atom. The minimum Gasteiger partial charge on any atom is -0.423 e. The SMILES string of the molecule is CC(C)=C[C@H]1[C@@H](C(=O)Nc2cccc(-c3nnco3)c2)C1(C)C. The van der Waals surface area contributed by atoms with Crippen LogP contribution in [0.25, 0.3) is 11.5 Å². The van der Waals surface area contributed by atoms with Crippen molar-refractivity contribution in [2.45, 2.75) is 27.7 Å². The highest BCUT2D eigenvalue weighted by Crippen LogP contribution is 2.59. The third-order valence-electron chi connectivity index (χ3n) is 4.44. The highest BCUT2D eigenvalue weighted by molar-refractivity contribution is 5.96. The number of hydrogen-bond donors (Lipinski definition) is 1. The maximum atomic E-state index is 12.6. The Morgan fingerprint density at radius 1 is 1.35 bits per heavy atom. The number of aromatic nitrogens is 2. The number of carbonyl (C=O) groups excluding carboxylic acids is 1. The number of carbonyl (C=O) groups is 1. The molecule has 1 N–H and O–H groups in total. The molecule has 1 fully saturated rings. The second kappa shape index (κ2) is 5.65. The van der Waals surface area contributed by atoms with Gasteiger partial charge in [-0.2, -0.15) is 0 Å². The van der Waals surface area contributed by atoms with Gasteiger partial charge in [-0.1, -0.05) is 31.6 Å². The standard InChI is InChI=1S/C18H21N3O2/c1-11(2)8-14-15(18(14,3)4)16(22)20-13-7-5-6-12(9-13)17-21-19-10-23-17/h5-10,14-15H,1-4H3,(H,20,22)/t14-,15-/m0/s1. The normalized spacial score (nSPS) is 21.6. The van der Waals surface area contributed by atoms with E-state index in [1.807, 2.05) is 24.3 Å². The number of nitrogens with one attached hydrogen (secondary N) is 1. The van der Waals surface area contributed by atoms with Crippen LogP contribution in [-0.4, -0.2) is 16.1 Å². The summed E-state index contributed by atoms with van der Waals surface area (Å²) in [6.45, 7) is 8.40. The molecule has 1 aliphatic rings. The van der Waals surface area contributed by atoms with Gasteiger partial charge in [0.1, 0.15) is 0 Å². The van der Waals surface area contributed by atoms with Gasteiger partial charge in [-0.3, -0.25) is 4.79 Å². The first-order valence-corrected chi connectivity index (χ1v) is 7.72. The van der Waals surface area contributed by atoms with E-state index in [4.69, 9.17) is 4.42 Å². The number of anilines is 1. The molecule has 0 radical (unpaired) electrons. The van der Waals surface area contributed by atoms with Crippen LogP contribution in [-0.2, 0) is 4.79 Å². The number of nitrogens with zero attached hydrogens (tertiary/aromatic N) is 2. The highest BCUT2D eigenvalue weighted by Gasteiger charge is 2.60. The fraction of sp³-hybridized carbons (Fsp3) is 0.389. The van der Waals surface area contributed by atoms with E-state index in [-0.39, 0.29) is 17.2 Å². The first-order valence-electron chi connectivity index (χ1n) is 7.72. The van der Waals surface area contributed by atoms with E-state index in [1.54, 1.807) is 0 Å². The van der Waals surface area contributed by atoms with Gasteiger partial charge in [0.05, 0.1) is 5.92 Å². The Bertz CT molecular complexity index is 743. The van der Waals surface area contributed by atoms with Crippen LogP contribution in [0, 0.1) is 17.3 Å². The van der Waals surface area contributed by atoms with Gasteiger partial charge in [-0.25, -0.2) is 0 Å². The Morgan fingerprint density at radius 3 is 2.78 bits per heavy atom. The maximum Gasteiger partial charge on any atom is 0.247 e. The summed E-state index contributed by atoms with van der Waals surface area (Å²) < 4.78 is 5.19. The summed E-state index contributed by atoms with van der Waals surface area (Å²) in [5.74, 6) is 0.798. The van der Waals surface area contributed by atoms with Gasteiger partial charge in [-0.05, 0) is 43.4 Å². The molecule has 3 rings (SSSR count). The summed E-state index contributed by atoms with van der Waals surface area (Å²) in [6, 6.07) is 7.44. The van der Waals surface area contributed by atoms with Crippen molar-refractivity contribution in [3.8, 4) is 11.5 Å². The van der Waals surface area contributed by atoms with Crippen LogP contribution in [0.2, 0.25) is 0 Å². The van der Waals surface area contributed by atoms with Crippen molar-refractivity contribution >= 4 is 11.6 Å². The Balaban J connectivity index is 1.74. The van der Waals surface area contributed by atoms with Crippen LogP contribution in [0.4, 0.5) is 5.69 Å². The Hall–Kier alpha value is -2.43. The van der Waals surface area contributed by atoms with Crippen LogP contribution < -0.4 is 5.32 Å². The molecule has 5 heteroatoms. The lowest BCUT2D eigenvalue weighted by Gasteiger charge is -2.07. The zero-order valence-electron chi connectivity index (χ0n) is 13.8. The molecule has 0 bridgehead atoms. The van der Waals surface area contributed by atoms with E-state index in [9.17, 15) is 4.79 Å². The van der Waals surface area contributed by atoms with Gasteiger partial charge < -0.3 is 9.73 Å². The van der Waals surface area contributed by atoms with Crippen LogP contribution in [0.15, 0.2) is 46.7 Å². The molecule has 1 saturated carbocycles. The van der Waals surface area contributed by atoms with Crippen LogP contribution in [0.1, 0.15) is 27.7 Å². The molecule has 2 aromatic rings. The van der Waals surface area contributed by atoms with Crippen molar-refractivity contribution in [3.05, 3.63) is 42.3 Å². The van der Waals surface area contributed by atoms with Crippen LogP contribution in [0.5, 0.6) is 0 Å². The molecule has 0 spiro atoms. The number of rotatable bonds is 4. The molecule has 120 valence electrons. The van der Waals surface area contributed by atoms with Gasteiger partial charge in [0.2, 0.25) is 18.2 Å². The highest BCUT2D eigenvalue weighted by atomic mass is 16.4. The summed E-state index contributed by atoms with van der Waals surface area (Å²) in [4.78, 5) is 12.6. The number of amides is 1. The van der Waals surface area contributed by atoms with Crippen LogP contribution >= 0.6 is 0 Å². The predicted octanol–water partition coefficient (Wildman–Crippen LogP) is 3.91. The van der Waals surface area contributed by atoms with Gasteiger partial charge in [0.25, 0.3) is 0 Å². The van der Waals surface area contributed by atoms with E-state index in [1.165, 1.54) is 12.0 Å². The summed E-state index contributed by atoms with van der Waals surface area (Å²) >= 11 is 0. The van der Waals surface area contributed by atoms with E-state index in [0.717, 1.165) is 11.3 Å². The lowest BCUT2D eigenvalue weighted by molar-refractivity contribution is -0.118. The van der Waals surface area contributed by atoms with E-state index >= 15 is 0 Å². The molecule has 1 aliphatic carbocycles. The third-order valence-corrected chi connectivity index (χ3v) is 4.44. The fourth-order valence-corrected chi connectivity index (χ4v) is 3.10. The van der Waals surface area contributed by atoms with Crippen LogP contribution in [0.3, 0.4) is 0 Å². The number of benzene rings is 1. The topological polar surface area (TPSA) is 68.0 Å². The average Bonchev–Trinajstić information content (AvgIpc) is 2.87. The molecular formula is C18H21N3O2. The molecule has 1 amide bonds. The van der Waals surface area contributed by atoms with E-state index in [0.29, 0.717) is 11.8 Å². The van der Waals surface area contributed by atoms with Crippen molar-refractivity contribution in [3.63, 3.8) is 0 Å². The van der Waals surface area contributed by atoms with Gasteiger partial charge in [0, 0.05) is 11.3 Å². The Kier molecular flexibility index (Phi) is 3.80. The van der Waals surface area contributed by atoms with E-state index < -0.39 is 0 Å². The minimum atomic E-state index is 0.00413.